The molecule has 0 spiro atoms. The van der Waals surface area contributed by atoms with Gasteiger partial charge in [-0.2, -0.15) is 0 Å². The fourth-order valence-electron chi connectivity index (χ4n) is 1.12. The van der Waals surface area contributed by atoms with Crippen molar-refractivity contribution in [3.63, 3.8) is 0 Å². The number of rotatable bonds is 5. The van der Waals surface area contributed by atoms with Crippen LogP contribution in [0.3, 0.4) is 0 Å². The summed E-state index contributed by atoms with van der Waals surface area (Å²) in [6, 6.07) is 3.08. The molecule has 0 atom stereocenters. The molecule has 0 saturated heterocycles. The molecule has 3 N–H and O–H groups in total. The summed E-state index contributed by atoms with van der Waals surface area (Å²) in [4.78, 5) is 34.5. The van der Waals surface area contributed by atoms with E-state index in [-0.39, 0.29) is 18.8 Å². The molecular weight excluding hydrogens is 226 g/mol. The van der Waals surface area contributed by atoms with Crippen molar-refractivity contribution in [3.8, 4) is 0 Å². The molecule has 0 saturated carbocycles. The highest BCUT2D eigenvalue weighted by Crippen LogP contribution is 2.03. The molecule has 1 aromatic heterocycles. The Kier molecular flexibility index (Phi) is 4.27. The predicted octanol–water partition coefficient (Wildman–Crippen LogP) is -1.05. The number of carbonyl (C=O) groups excluding carboxylic acids is 3. The lowest BCUT2D eigenvalue weighted by atomic mass is 10.4. The van der Waals surface area contributed by atoms with Gasteiger partial charge in [0.2, 0.25) is 11.8 Å². The number of amides is 3. The van der Waals surface area contributed by atoms with Crippen LogP contribution in [0, 0.1) is 0 Å². The van der Waals surface area contributed by atoms with Gasteiger partial charge in [-0.25, -0.2) is 0 Å². The SMILES string of the molecule is CN(CC(=O)NCC(N)=O)C(=O)c1ccco1. The molecule has 1 aromatic rings. The van der Waals surface area contributed by atoms with Gasteiger partial charge in [0.25, 0.3) is 5.91 Å². The second-order valence-corrected chi connectivity index (χ2v) is 3.38. The van der Waals surface area contributed by atoms with E-state index >= 15 is 0 Å². The summed E-state index contributed by atoms with van der Waals surface area (Å²) in [7, 11) is 1.45. The van der Waals surface area contributed by atoms with Crippen LogP contribution < -0.4 is 11.1 Å². The van der Waals surface area contributed by atoms with Crippen molar-refractivity contribution in [2.75, 3.05) is 20.1 Å². The third-order valence-electron chi connectivity index (χ3n) is 1.92. The number of furan rings is 1. The van der Waals surface area contributed by atoms with E-state index in [4.69, 9.17) is 10.2 Å². The topological polar surface area (TPSA) is 106 Å². The highest BCUT2D eigenvalue weighted by atomic mass is 16.3. The van der Waals surface area contributed by atoms with Crippen LogP contribution in [0.5, 0.6) is 0 Å². The molecule has 0 unspecified atom stereocenters. The van der Waals surface area contributed by atoms with Crippen molar-refractivity contribution in [1.29, 1.82) is 0 Å². The van der Waals surface area contributed by atoms with E-state index in [0.717, 1.165) is 0 Å². The molecule has 7 nitrogen and oxygen atoms in total. The Bertz CT molecular complexity index is 413. The fraction of sp³-hybridized carbons (Fsp3) is 0.300. The maximum Gasteiger partial charge on any atom is 0.289 e. The Morgan fingerprint density at radius 1 is 1.47 bits per heavy atom. The number of primary amides is 1. The second-order valence-electron chi connectivity index (χ2n) is 3.38. The molecule has 0 bridgehead atoms. The first-order valence-corrected chi connectivity index (χ1v) is 4.84. The third kappa shape index (κ3) is 3.98. The number of hydrogen-bond donors (Lipinski definition) is 2. The number of nitrogens with zero attached hydrogens (tertiary/aromatic N) is 1. The van der Waals surface area contributed by atoms with E-state index < -0.39 is 17.7 Å². The average Bonchev–Trinajstić information content (AvgIpc) is 2.78. The summed E-state index contributed by atoms with van der Waals surface area (Å²) in [5, 5.41) is 2.28. The summed E-state index contributed by atoms with van der Waals surface area (Å²) in [6.45, 7) is -0.422. The molecule has 0 radical (unpaired) electrons. The lowest BCUT2D eigenvalue weighted by Crippen LogP contribution is -2.41. The maximum absolute atomic E-state index is 11.6. The van der Waals surface area contributed by atoms with Gasteiger partial charge >= 0.3 is 0 Å². The Hall–Kier alpha value is -2.31. The summed E-state index contributed by atoms with van der Waals surface area (Å²) in [6.07, 6.45) is 1.37. The van der Waals surface area contributed by atoms with Gasteiger partial charge in [0, 0.05) is 7.05 Å². The summed E-state index contributed by atoms with van der Waals surface area (Å²) < 4.78 is 4.90. The number of carbonyl (C=O) groups is 3. The number of nitrogens with two attached hydrogens (primary N) is 1. The van der Waals surface area contributed by atoms with Crippen molar-refractivity contribution in [3.05, 3.63) is 24.2 Å². The zero-order valence-corrected chi connectivity index (χ0v) is 9.30. The molecule has 0 aliphatic carbocycles. The van der Waals surface area contributed by atoms with Gasteiger partial charge in [-0.1, -0.05) is 0 Å². The van der Waals surface area contributed by atoms with Crippen LogP contribution in [0.1, 0.15) is 10.6 Å². The first-order valence-electron chi connectivity index (χ1n) is 4.84. The number of hydrogen-bond acceptors (Lipinski definition) is 4. The Balaban J connectivity index is 2.43. The predicted molar refractivity (Wildman–Crippen MR) is 57.9 cm³/mol. The largest absolute Gasteiger partial charge is 0.459 e. The minimum Gasteiger partial charge on any atom is -0.459 e. The minimum absolute atomic E-state index is 0.148. The van der Waals surface area contributed by atoms with Crippen molar-refractivity contribution >= 4 is 17.7 Å². The molecule has 92 valence electrons. The normalized spacial score (nSPS) is 9.71. The highest BCUT2D eigenvalue weighted by Gasteiger charge is 2.16. The fourth-order valence-corrected chi connectivity index (χ4v) is 1.12. The quantitative estimate of drug-likeness (QED) is 0.684. The molecule has 7 heteroatoms. The van der Waals surface area contributed by atoms with E-state index in [1.54, 1.807) is 6.07 Å². The van der Waals surface area contributed by atoms with Crippen molar-refractivity contribution in [2.24, 2.45) is 5.73 Å². The lowest BCUT2D eigenvalue weighted by molar-refractivity contribution is -0.125. The molecule has 0 aromatic carbocycles. The Morgan fingerprint density at radius 3 is 2.71 bits per heavy atom. The van der Waals surface area contributed by atoms with Crippen molar-refractivity contribution < 1.29 is 18.8 Å². The zero-order chi connectivity index (χ0) is 12.8. The molecule has 0 fully saturated rings. The summed E-state index contributed by atoms with van der Waals surface area (Å²) >= 11 is 0. The summed E-state index contributed by atoms with van der Waals surface area (Å²) in [5.41, 5.74) is 4.86. The molecular formula is C10H13N3O4. The van der Waals surface area contributed by atoms with Gasteiger partial charge < -0.3 is 20.4 Å². The zero-order valence-electron chi connectivity index (χ0n) is 9.30. The first-order chi connectivity index (χ1) is 8.00. The summed E-state index contributed by atoms with van der Waals surface area (Å²) in [5.74, 6) is -1.37. The Morgan fingerprint density at radius 2 is 2.18 bits per heavy atom. The molecule has 3 amide bonds. The molecule has 1 rings (SSSR count). The van der Waals surface area contributed by atoms with Gasteiger partial charge in [0.05, 0.1) is 19.4 Å². The number of likely N-dealkylation sites (N-methyl/N-ethyl adjacent to an activating group) is 1. The number of nitrogens with one attached hydrogen (secondary N) is 1. The molecule has 0 aliphatic heterocycles. The average molecular weight is 239 g/mol. The van der Waals surface area contributed by atoms with Gasteiger partial charge in [-0.05, 0) is 12.1 Å². The highest BCUT2D eigenvalue weighted by molar-refractivity contribution is 5.94. The van der Waals surface area contributed by atoms with E-state index in [0.29, 0.717) is 0 Å². The smallest absolute Gasteiger partial charge is 0.289 e. The Labute approximate surface area is 97.5 Å². The van der Waals surface area contributed by atoms with E-state index in [2.05, 4.69) is 5.32 Å². The molecule has 1 heterocycles. The first kappa shape index (κ1) is 12.8. The van der Waals surface area contributed by atoms with Crippen LogP contribution in [0.25, 0.3) is 0 Å². The van der Waals surface area contributed by atoms with Crippen molar-refractivity contribution in [1.82, 2.24) is 10.2 Å². The molecule has 17 heavy (non-hydrogen) atoms. The third-order valence-corrected chi connectivity index (χ3v) is 1.92. The van der Waals surface area contributed by atoms with Crippen LogP contribution in [0.4, 0.5) is 0 Å². The molecule has 0 aliphatic rings. The van der Waals surface area contributed by atoms with Gasteiger partial charge in [-0.15, -0.1) is 0 Å². The van der Waals surface area contributed by atoms with Gasteiger partial charge in [0.15, 0.2) is 5.76 Å². The monoisotopic (exact) mass is 239 g/mol. The van der Waals surface area contributed by atoms with Gasteiger partial charge in [-0.3, -0.25) is 14.4 Å². The van der Waals surface area contributed by atoms with Crippen LogP contribution in [-0.4, -0.2) is 42.8 Å². The standard InChI is InChI=1S/C10H13N3O4/c1-13(6-9(15)12-5-8(11)14)10(16)7-3-2-4-17-7/h2-4H,5-6H2,1H3,(H2,11,14)(H,12,15). The van der Waals surface area contributed by atoms with Crippen molar-refractivity contribution in [2.45, 2.75) is 0 Å². The van der Waals surface area contributed by atoms with E-state index in [1.165, 1.54) is 24.3 Å². The second kappa shape index (κ2) is 5.69. The van der Waals surface area contributed by atoms with Gasteiger partial charge in [0.1, 0.15) is 0 Å². The van der Waals surface area contributed by atoms with Crippen LogP contribution in [0.2, 0.25) is 0 Å². The van der Waals surface area contributed by atoms with Crippen LogP contribution >= 0.6 is 0 Å². The van der Waals surface area contributed by atoms with E-state index in [1.807, 2.05) is 0 Å². The minimum atomic E-state index is -0.640. The van der Waals surface area contributed by atoms with E-state index in [9.17, 15) is 14.4 Å². The van der Waals surface area contributed by atoms with Crippen LogP contribution in [-0.2, 0) is 9.59 Å². The lowest BCUT2D eigenvalue weighted by Gasteiger charge is -2.14. The van der Waals surface area contributed by atoms with Crippen LogP contribution in [0.15, 0.2) is 22.8 Å². The maximum atomic E-state index is 11.6.